The molecule has 4 rings (SSSR count). The molecule has 2 aromatic rings. The van der Waals surface area contributed by atoms with E-state index in [4.69, 9.17) is 4.74 Å². The number of nitrogens with one attached hydrogen (secondary N) is 2. The number of hydrogen-bond acceptors (Lipinski definition) is 4. The molecule has 2 saturated heterocycles. The average molecular weight is 444 g/mol. The van der Waals surface area contributed by atoms with Crippen LogP contribution in [-0.4, -0.2) is 37.0 Å². The van der Waals surface area contributed by atoms with Crippen LogP contribution in [-0.2, 0) is 0 Å². The van der Waals surface area contributed by atoms with Crippen LogP contribution in [0.2, 0.25) is 0 Å². The van der Waals surface area contributed by atoms with E-state index in [0.29, 0.717) is 18.0 Å². The number of hydrazine groups is 1. The van der Waals surface area contributed by atoms with Crippen molar-refractivity contribution in [3.8, 4) is 5.75 Å². The molecule has 0 spiro atoms. The van der Waals surface area contributed by atoms with E-state index in [1.807, 2.05) is 41.3 Å². The zero-order valence-corrected chi connectivity index (χ0v) is 17.6. The van der Waals surface area contributed by atoms with Crippen molar-refractivity contribution in [1.82, 2.24) is 15.8 Å². The van der Waals surface area contributed by atoms with Gasteiger partial charge < -0.3 is 9.64 Å². The van der Waals surface area contributed by atoms with Gasteiger partial charge >= 0.3 is 0 Å². The first-order chi connectivity index (χ1) is 13.7. The number of piperidine rings is 1. The number of likely N-dealkylation sites (tertiary alicyclic amines) is 1. The summed E-state index contributed by atoms with van der Waals surface area (Å²) in [5.41, 5.74) is 8.94. The van der Waals surface area contributed by atoms with Crippen LogP contribution >= 0.6 is 15.9 Å². The quantitative estimate of drug-likeness (QED) is 0.751. The lowest BCUT2D eigenvalue weighted by Crippen LogP contribution is -2.44. The molecule has 2 aliphatic rings. The highest BCUT2D eigenvalue weighted by atomic mass is 79.9. The molecule has 2 N–H and O–H groups in total. The SMILES string of the molecule is COc1cccc(C2CC(C3CCN(C(=O)c4ccccc4Br)CC3)NN2)c1. The zero-order valence-electron chi connectivity index (χ0n) is 16.0. The Kier molecular flexibility index (Phi) is 5.99. The number of methoxy groups -OCH3 is 1. The van der Waals surface area contributed by atoms with E-state index in [1.165, 1.54) is 5.56 Å². The van der Waals surface area contributed by atoms with Gasteiger partial charge in [0.1, 0.15) is 5.75 Å². The van der Waals surface area contributed by atoms with Gasteiger partial charge in [-0.3, -0.25) is 15.6 Å². The minimum absolute atomic E-state index is 0.123. The highest BCUT2D eigenvalue weighted by molar-refractivity contribution is 9.10. The molecule has 6 heteroatoms. The van der Waals surface area contributed by atoms with E-state index in [-0.39, 0.29) is 5.91 Å². The Hall–Kier alpha value is -1.89. The number of nitrogens with zero attached hydrogens (tertiary/aromatic N) is 1. The van der Waals surface area contributed by atoms with E-state index >= 15 is 0 Å². The summed E-state index contributed by atoms with van der Waals surface area (Å²) in [5.74, 6) is 1.59. The fourth-order valence-electron chi connectivity index (χ4n) is 4.28. The molecule has 1 amide bonds. The van der Waals surface area contributed by atoms with Crippen LogP contribution in [0, 0.1) is 5.92 Å². The lowest BCUT2D eigenvalue weighted by Gasteiger charge is -2.34. The first kappa shape index (κ1) is 19.4. The van der Waals surface area contributed by atoms with Crippen LogP contribution in [0.15, 0.2) is 53.0 Å². The van der Waals surface area contributed by atoms with Gasteiger partial charge in [0.15, 0.2) is 0 Å². The third-order valence-electron chi connectivity index (χ3n) is 5.93. The number of benzene rings is 2. The summed E-state index contributed by atoms with van der Waals surface area (Å²) in [6.07, 6.45) is 3.11. The van der Waals surface area contributed by atoms with Crippen molar-refractivity contribution in [3.63, 3.8) is 0 Å². The van der Waals surface area contributed by atoms with Gasteiger partial charge in [-0.25, -0.2) is 0 Å². The van der Waals surface area contributed by atoms with Gasteiger partial charge in [-0.1, -0.05) is 24.3 Å². The zero-order chi connectivity index (χ0) is 19.5. The van der Waals surface area contributed by atoms with Gasteiger partial charge in [0, 0.05) is 29.6 Å². The first-order valence-electron chi connectivity index (χ1n) is 9.84. The monoisotopic (exact) mass is 443 g/mol. The summed E-state index contributed by atoms with van der Waals surface area (Å²) in [6.45, 7) is 1.62. The van der Waals surface area contributed by atoms with Gasteiger partial charge in [0.2, 0.25) is 0 Å². The lowest BCUT2D eigenvalue weighted by atomic mass is 9.86. The average Bonchev–Trinajstić information content (AvgIpc) is 3.24. The molecule has 2 aromatic carbocycles. The number of ether oxygens (including phenoxy) is 1. The van der Waals surface area contributed by atoms with Crippen LogP contribution in [0.1, 0.15) is 41.2 Å². The van der Waals surface area contributed by atoms with E-state index in [9.17, 15) is 4.79 Å². The van der Waals surface area contributed by atoms with Crippen molar-refractivity contribution in [2.24, 2.45) is 5.92 Å². The number of amides is 1. The Morgan fingerprint density at radius 1 is 1.11 bits per heavy atom. The predicted octanol–water partition coefficient (Wildman–Crippen LogP) is 3.92. The lowest BCUT2D eigenvalue weighted by molar-refractivity contribution is 0.0672. The van der Waals surface area contributed by atoms with Crippen molar-refractivity contribution >= 4 is 21.8 Å². The van der Waals surface area contributed by atoms with Crippen LogP contribution in [0.5, 0.6) is 5.75 Å². The topological polar surface area (TPSA) is 53.6 Å². The standard InChI is InChI=1S/C22H26BrN3O2/c1-28-17-6-4-5-16(13-17)21-14-20(24-25-21)15-9-11-26(12-10-15)22(27)18-7-2-3-8-19(18)23/h2-8,13,15,20-21,24-25H,9-12,14H2,1H3. The Morgan fingerprint density at radius 2 is 1.89 bits per heavy atom. The maximum Gasteiger partial charge on any atom is 0.254 e. The van der Waals surface area contributed by atoms with Gasteiger partial charge in [0.25, 0.3) is 5.91 Å². The summed E-state index contributed by atoms with van der Waals surface area (Å²) in [7, 11) is 1.70. The molecule has 0 aromatic heterocycles. The number of carbonyl (C=O) groups is 1. The largest absolute Gasteiger partial charge is 0.497 e. The number of halogens is 1. The van der Waals surface area contributed by atoms with Gasteiger partial charge in [-0.05, 0) is 70.9 Å². The molecule has 2 heterocycles. The molecular formula is C22H26BrN3O2. The second-order valence-corrected chi connectivity index (χ2v) is 8.42. The van der Waals surface area contributed by atoms with Crippen LogP contribution in [0.4, 0.5) is 0 Å². The van der Waals surface area contributed by atoms with Crippen LogP contribution < -0.4 is 15.6 Å². The fraction of sp³-hybridized carbons (Fsp3) is 0.409. The third-order valence-corrected chi connectivity index (χ3v) is 6.62. The van der Waals surface area contributed by atoms with Gasteiger partial charge in [-0.15, -0.1) is 0 Å². The molecular weight excluding hydrogens is 418 g/mol. The Balaban J connectivity index is 1.33. The molecule has 2 fully saturated rings. The number of hydrogen-bond donors (Lipinski definition) is 2. The van der Waals surface area contributed by atoms with E-state index in [0.717, 1.165) is 48.1 Å². The molecule has 0 saturated carbocycles. The smallest absolute Gasteiger partial charge is 0.254 e. The Labute approximate surface area is 174 Å². The molecule has 0 radical (unpaired) electrons. The summed E-state index contributed by atoms with van der Waals surface area (Å²) in [6, 6.07) is 16.6. The third kappa shape index (κ3) is 4.09. The highest BCUT2D eigenvalue weighted by Crippen LogP contribution is 2.32. The second-order valence-electron chi connectivity index (χ2n) is 7.57. The van der Waals surface area contributed by atoms with Gasteiger partial charge in [-0.2, -0.15) is 0 Å². The van der Waals surface area contributed by atoms with Crippen molar-refractivity contribution in [2.45, 2.75) is 31.3 Å². The molecule has 0 bridgehead atoms. The number of carbonyl (C=O) groups excluding carboxylic acids is 1. The minimum atomic E-state index is 0.123. The molecule has 0 aliphatic carbocycles. The van der Waals surface area contributed by atoms with Gasteiger partial charge in [0.05, 0.1) is 12.7 Å². The first-order valence-corrected chi connectivity index (χ1v) is 10.6. The van der Waals surface area contributed by atoms with Crippen molar-refractivity contribution in [1.29, 1.82) is 0 Å². The predicted molar refractivity (Wildman–Crippen MR) is 113 cm³/mol. The van der Waals surface area contributed by atoms with Crippen molar-refractivity contribution in [3.05, 3.63) is 64.1 Å². The van der Waals surface area contributed by atoms with E-state index in [2.05, 4.69) is 38.9 Å². The van der Waals surface area contributed by atoms with Crippen LogP contribution in [0.3, 0.4) is 0 Å². The Bertz CT molecular complexity index is 836. The summed E-state index contributed by atoms with van der Waals surface area (Å²) in [4.78, 5) is 14.8. The molecule has 5 nitrogen and oxygen atoms in total. The number of rotatable bonds is 4. The van der Waals surface area contributed by atoms with E-state index < -0.39 is 0 Å². The normalized spacial score (nSPS) is 23.0. The molecule has 148 valence electrons. The summed E-state index contributed by atoms with van der Waals surface area (Å²) >= 11 is 3.49. The molecule has 28 heavy (non-hydrogen) atoms. The molecule has 2 atom stereocenters. The molecule has 2 unspecified atom stereocenters. The Morgan fingerprint density at radius 3 is 2.64 bits per heavy atom. The maximum atomic E-state index is 12.8. The highest BCUT2D eigenvalue weighted by Gasteiger charge is 2.34. The molecule has 2 aliphatic heterocycles. The van der Waals surface area contributed by atoms with E-state index in [1.54, 1.807) is 7.11 Å². The van der Waals surface area contributed by atoms with Crippen LogP contribution in [0.25, 0.3) is 0 Å². The maximum absolute atomic E-state index is 12.8. The van der Waals surface area contributed by atoms with Crippen molar-refractivity contribution in [2.75, 3.05) is 20.2 Å². The fourth-order valence-corrected chi connectivity index (χ4v) is 4.73. The summed E-state index contributed by atoms with van der Waals surface area (Å²) < 4.78 is 6.21. The van der Waals surface area contributed by atoms with Crippen molar-refractivity contribution < 1.29 is 9.53 Å². The summed E-state index contributed by atoms with van der Waals surface area (Å²) in [5, 5.41) is 0. The minimum Gasteiger partial charge on any atom is -0.497 e. The second kappa shape index (κ2) is 8.64.